The second-order valence-corrected chi connectivity index (χ2v) is 11.4. The number of imidazole rings is 1. The minimum Gasteiger partial charge on any atom is -0.237 e. The second kappa shape index (κ2) is 24.9. The molecule has 0 atom stereocenters. The van der Waals surface area contributed by atoms with Crippen molar-refractivity contribution in [3.8, 4) is 0 Å². The zero-order chi connectivity index (χ0) is 25.2. The summed E-state index contributed by atoms with van der Waals surface area (Å²) in [5.74, 6) is 1.54. The Kier molecular flexibility index (Phi) is 22.9. The molecule has 0 spiro atoms. The molecule has 1 heterocycles. The summed E-state index contributed by atoms with van der Waals surface area (Å²) in [6, 6.07) is 0. The van der Waals surface area contributed by atoms with E-state index in [9.17, 15) is 0 Å². The first-order valence-corrected chi connectivity index (χ1v) is 16.3. The van der Waals surface area contributed by atoms with Gasteiger partial charge < -0.3 is 0 Å². The Morgan fingerprint density at radius 3 is 1.23 bits per heavy atom. The fourth-order valence-corrected chi connectivity index (χ4v) is 5.50. The quantitative estimate of drug-likeness (QED) is 0.0858. The van der Waals surface area contributed by atoms with Crippen LogP contribution >= 0.6 is 0 Å². The third-order valence-electron chi connectivity index (χ3n) is 7.97. The van der Waals surface area contributed by atoms with Crippen molar-refractivity contribution in [1.29, 1.82) is 0 Å². The van der Waals surface area contributed by atoms with E-state index in [0.717, 1.165) is 0 Å². The molecule has 1 aromatic rings. The van der Waals surface area contributed by atoms with E-state index in [4.69, 9.17) is 0 Å². The maximum atomic E-state index is 2.54. The van der Waals surface area contributed by atoms with E-state index in [2.05, 4.69) is 42.4 Å². The van der Waals surface area contributed by atoms with Gasteiger partial charge in [-0.15, -0.1) is 0 Å². The van der Waals surface area contributed by atoms with Crippen LogP contribution in [0.3, 0.4) is 0 Å². The topological polar surface area (TPSA) is 8.81 Å². The Hall–Kier alpha value is -0.790. The van der Waals surface area contributed by atoms with Gasteiger partial charge in [-0.25, -0.2) is 9.13 Å². The highest BCUT2D eigenvalue weighted by Crippen LogP contribution is 2.15. The van der Waals surface area contributed by atoms with Crippen LogP contribution in [0.1, 0.15) is 180 Å². The second-order valence-electron chi connectivity index (χ2n) is 11.4. The molecule has 0 saturated carbocycles. The molecule has 0 aromatic carbocycles. The molecule has 0 fully saturated rings. The summed E-state index contributed by atoms with van der Waals surface area (Å²) in [7, 11) is 2.23. The van der Waals surface area contributed by atoms with Crippen LogP contribution in [0.15, 0.2) is 12.4 Å². The lowest BCUT2D eigenvalue weighted by molar-refractivity contribution is -0.678. The smallest absolute Gasteiger partial charge is 0.237 e. The van der Waals surface area contributed by atoms with Crippen LogP contribution in [0, 0.1) is 0 Å². The minimum absolute atomic E-state index is 1.21. The predicted octanol–water partition coefficient (Wildman–Crippen LogP) is 10.6. The van der Waals surface area contributed by atoms with Gasteiger partial charge in [-0.2, -0.15) is 0 Å². The molecule has 0 N–H and O–H groups in total. The maximum Gasteiger partial charge on any atom is 0.256 e. The Morgan fingerprint density at radius 1 is 0.486 bits per heavy atom. The van der Waals surface area contributed by atoms with Crippen LogP contribution in [0.5, 0.6) is 0 Å². The molecule has 1 aromatic heterocycles. The van der Waals surface area contributed by atoms with Crippen molar-refractivity contribution in [3.05, 3.63) is 18.2 Å². The lowest BCUT2D eigenvalue weighted by atomic mass is 10.0. The van der Waals surface area contributed by atoms with E-state index in [-0.39, 0.29) is 0 Å². The SMILES string of the molecule is CCCCCCCCCCCCCCCCCc1n(CCCCCCCCCCCC)cc[n+]1C. The Morgan fingerprint density at radius 2 is 0.829 bits per heavy atom. The molecule has 0 bridgehead atoms. The van der Waals surface area contributed by atoms with E-state index >= 15 is 0 Å². The number of aryl methyl sites for hydroxylation is 2. The zero-order valence-corrected chi connectivity index (χ0v) is 24.6. The van der Waals surface area contributed by atoms with E-state index < -0.39 is 0 Å². The first kappa shape index (κ1) is 32.2. The zero-order valence-electron chi connectivity index (χ0n) is 24.6. The highest BCUT2D eigenvalue weighted by molar-refractivity contribution is 4.84. The average Bonchev–Trinajstić information content (AvgIpc) is 3.21. The van der Waals surface area contributed by atoms with Gasteiger partial charge in [0.1, 0.15) is 12.4 Å². The number of hydrogen-bond donors (Lipinski definition) is 0. The van der Waals surface area contributed by atoms with Gasteiger partial charge in [0, 0.05) is 6.42 Å². The lowest BCUT2D eigenvalue weighted by Gasteiger charge is -2.05. The molecule has 35 heavy (non-hydrogen) atoms. The van der Waals surface area contributed by atoms with Gasteiger partial charge in [-0.05, 0) is 19.3 Å². The van der Waals surface area contributed by atoms with Gasteiger partial charge >= 0.3 is 0 Å². The molecule has 2 nitrogen and oxygen atoms in total. The summed E-state index contributed by atoms with van der Waals surface area (Å²) in [6.07, 6.45) is 41.7. The van der Waals surface area contributed by atoms with Gasteiger partial charge in [0.25, 0.3) is 5.82 Å². The molecular weight excluding hydrogens is 424 g/mol. The van der Waals surface area contributed by atoms with Crippen LogP contribution in [-0.4, -0.2) is 4.57 Å². The fourth-order valence-electron chi connectivity index (χ4n) is 5.50. The van der Waals surface area contributed by atoms with Crippen LogP contribution < -0.4 is 4.57 Å². The molecule has 0 aliphatic heterocycles. The third-order valence-corrected chi connectivity index (χ3v) is 7.97. The summed E-state index contributed by atoms with van der Waals surface area (Å²) >= 11 is 0. The molecular formula is C33H65N2+. The Labute approximate surface area is 221 Å². The number of nitrogens with zero attached hydrogens (tertiary/aromatic N) is 2. The first-order valence-electron chi connectivity index (χ1n) is 16.3. The molecule has 0 radical (unpaired) electrons. The molecule has 0 unspecified atom stereocenters. The molecule has 1 rings (SSSR count). The summed E-state index contributed by atoms with van der Waals surface area (Å²) < 4.78 is 4.90. The first-order chi connectivity index (χ1) is 17.3. The summed E-state index contributed by atoms with van der Waals surface area (Å²) in [4.78, 5) is 0. The lowest BCUT2D eigenvalue weighted by Crippen LogP contribution is -2.32. The van der Waals surface area contributed by atoms with E-state index in [1.54, 1.807) is 0 Å². The largest absolute Gasteiger partial charge is 0.256 e. The van der Waals surface area contributed by atoms with Crippen LogP contribution in [-0.2, 0) is 20.0 Å². The minimum atomic E-state index is 1.21. The highest BCUT2D eigenvalue weighted by Gasteiger charge is 2.13. The molecule has 0 amide bonds. The van der Waals surface area contributed by atoms with Gasteiger partial charge in [0.05, 0.1) is 13.6 Å². The third kappa shape index (κ3) is 19.0. The van der Waals surface area contributed by atoms with Gasteiger partial charge in [0.15, 0.2) is 0 Å². The fraction of sp³-hybridized carbons (Fsp3) is 0.909. The number of aromatic nitrogens is 2. The average molecular weight is 490 g/mol. The highest BCUT2D eigenvalue weighted by atomic mass is 15.1. The summed E-state index contributed by atoms with van der Waals surface area (Å²) in [5, 5.41) is 0. The molecule has 0 aliphatic rings. The van der Waals surface area contributed by atoms with Gasteiger partial charge in [-0.3, -0.25) is 0 Å². The van der Waals surface area contributed by atoms with Gasteiger partial charge in [-0.1, -0.05) is 155 Å². The van der Waals surface area contributed by atoms with Crippen molar-refractivity contribution < 1.29 is 4.57 Å². The van der Waals surface area contributed by atoms with E-state index in [0.29, 0.717) is 0 Å². The van der Waals surface area contributed by atoms with Crippen LogP contribution in [0.25, 0.3) is 0 Å². The Balaban J connectivity index is 1.94. The van der Waals surface area contributed by atoms with E-state index in [1.165, 1.54) is 179 Å². The summed E-state index contributed by atoms with van der Waals surface area (Å²) in [5.41, 5.74) is 0. The van der Waals surface area contributed by atoms with Gasteiger partial charge in [0.2, 0.25) is 0 Å². The molecule has 0 saturated heterocycles. The number of hydrogen-bond acceptors (Lipinski definition) is 0. The molecule has 2 heteroatoms. The van der Waals surface area contributed by atoms with Crippen molar-refractivity contribution in [2.75, 3.05) is 0 Å². The standard InChI is InChI=1S/C33H65N2/c1-4-6-8-10-12-14-16-17-18-19-20-21-23-25-27-29-33-34(3)31-32-35(33)30-28-26-24-22-15-13-11-9-7-5-2/h31-32H,4-30H2,1-3H3/q+1. The monoisotopic (exact) mass is 490 g/mol. The number of rotatable bonds is 27. The van der Waals surface area contributed by atoms with E-state index in [1.807, 2.05) is 0 Å². The molecule has 206 valence electrons. The normalized spacial score (nSPS) is 11.5. The van der Waals surface area contributed by atoms with Crippen molar-refractivity contribution >= 4 is 0 Å². The summed E-state index contributed by atoms with van der Waals surface area (Å²) in [6.45, 7) is 5.82. The van der Waals surface area contributed by atoms with Crippen molar-refractivity contribution in [1.82, 2.24) is 4.57 Å². The predicted molar refractivity (Wildman–Crippen MR) is 156 cm³/mol. The molecule has 0 aliphatic carbocycles. The van der Waals surface area contributed by atoms with Crippen molar-refractivity contribution in [2.24, 2.45) is 7.05 Å². The Bertz CT molecular complexity index is 547. The van der Waals surface area contributed by atoms with Crippen LogP contribution in [0.4, 0.5) is 0 Å². The van der Waals surface area contributed by atoms with Crippen molar-refractivity contribution in [2.45, 2.75) is 187 Å². The maximum absolute atomic E-state index is 2.54. The number of unbranched alkanes of at least 4 members (excludes halogenated alkanes) is 23. The van der Waals surface area contributed by atoms with Crippen LogP contribution in [0.2, 0.25) is 0 Å². The van der Waals surface area contributed by atoms with Crippen molar-refractivity contribution in [3.63, 3.8) is 0 Å².